The molecular formula is C33H59N5O7. The van der Waals surface area contributed by atoms with Crippen molar-refractivity contribution in [2.24, 2.45) is 17.8 Å². The zero-order valence-electron chi connectivity index (χ0n) is 28.8. The third-order valence-corrected chi connectivity index (χ3v) is 7.85. The van der Waals surface area contributed by atoms with Crippen LogP contribution in [0.3, 0.4) is 0 Å². The van der Waals surface area contributed by atoms with Crippen LogP contribution < -0.4 is 26.6 Å². The second-order valence-electron chi connectivity index (χ2n) is 13.4. The van der Waals surface area contributed by atoms with Gasteiger partial charge in [0.1, 0.15) is 30.3 Å². The van der Waals surface area contributed by atoms with Crippen molar-refractivity contribution in [2.45, 2.75) is 150 Å². The van der Waals surface area contributed by atoms with Gasteiger partial charge in [0.2, 0.25) is 29.5 Å². The van der Waals surface area contributed by atoms with Gasteiger partial charge in [-0.2, -0.15) is 0 Å². The number of carbonyl (C=O) groups is 6. The molecule has 12 heteroatoms. The van der Waals surface area contributed by atoms with E-state index in [1.54, 1.807) is 27.7 Å². The lowest BCUT2D eigenvalue weighted by Gasteiger charge is -2.27. The second kappa shape index (κ2) is 20.8. The highest BCUT2D eigenvalue weighted by Crippen LogP contribution is 2.16. The molecule has 258 valence electrons. The van der Waals surface area contributed by atoms with E-state index >= 15 is 0 Å². The fourth-order valence-corrected chi connectivity index (χ4v) is 5.11. The quantitative estimate of drug-likeness (QED) is 0.162. The number of rotatable bonds is 12. The molecule has 0 aliphatic carbocycles. The van der Waals surface area contributed by atoms with Gasteiger partial charge in [0.15, 0.2) is 0 Å². The highest BCUT2D eigenvalue weighted by atomic mass is 16.5. The number of amides is 5. The van der Waals surface area contributed by atoms with Crippen LogP contribution in [0, 0.1) is 17.8 Å². The molecule has 0 bridgehead atoms. The van der Waals surface area contributed by atoms with Crippen LogP contribution in [-0.2, 0) is 33.5 Å². The fraction of sp³-hybridized carbons (Fsp3) is 0.818. The monoisotopic (exact) mass is 637 g/mol. The predicted octanol–water partition coefficient (Wildman–Crippen LogP) is 2.88. The van der Waals surface area contributed by atoms with Gasteiger partial charge in [0.05, 0.1) is 13.0 Å². The lowest BCUT2D eigenvalue weighted by Crippen LogP contribution is -2.58. The lowest BCUT2D eigenvalue weighted by atomic mass is 9.99. The van der Waals surface area contributed by atoms with Gasteiger partial charge in [0.25, 0.3) is 0 Å². The summed E-state index contributed by atoms with van der Waals surface area (Å²) in [4.78, 5) is 78.7. The first kappa shape index (κ1) is 39.8. The summed E-state index contributed by atoms with van der Waals surface area (Å²) in [6, 6.07) is -3.96. The fourth-order valence-electron chi connectivity index (χ4n) is 5.11. The number of nitrogens with one attached hydrogen (secondary N) is 5. The Labute approximate surface area is 269 Å². The summed E-state index contributed by atoms with van der Waals surface area (Å²) in [7, 11) is 0. The van der Waals surface area contributed by atoms with E-state index in [9.17, 15) is 28.8 Å². The molecule has 0 spiro atoms. The first-order valence-electron chi connectivity index (χ1n) is 16.8. The minimum Gasteiger partial charge on any atom is -0.460 e. The number of esters is 1. The smallest absolute Gasteiger partial charge is 0.329 e. The average molecular weight is 638 g/mol. The van der Waals surface area contributed by atoms with E-state index in [-0.39, 0.29) is 30.7 Å². The predicted molar refractivity (Wildman–Crippen MR) is 173 cm³/mol. The summed E-state index contributed by atoms with van der Waals surface area (Å²) in [6.07, 6.45) is 7.23. The van der Waals surface area contributed by atoms with Gasteiger partial charge in [-0.15, -0.1) is 0 Å². The van der Waals surface area contributed by atoms with E-state index in [1.807, 2.05) is 13.8 Å². The number of hydrogen-bond donors (Lipinski definition) is 5. The lowest BCUT2D eigenvalue weighted by molar-refractivity contribution is -0.156. The molecule has 0 aromatic rings. The molecule has 0 saturated carbocycles. The van der Waals surface area contributed by atoms with Gasteiger partial charge in [-0.25, -0.2) is 4.79 Å². The van der Waals surface area contributed by atoms with Crippen LogP contribution in [0.15, 0.2) is 0 Å². The molecule has 0 radical (unpaired) electrons. The highest BCUT2D eigenvalue weighted by molar-refractivity contribution is 5.95. The van der Waals surface area contributed by atoms with Crippen molar-refractivity contribution in [1.82, 2.24) is 26.6 Å². The van der Waals surface area contributed by atoms with Gasteiger partial charge in [-0.3, -0.25) is 24.0 Å². The molecule has 12 nitrogen and oxygen atoms in total. The van der Waals surface area contributed by atoms with Crippen LogP contribution >= 0.6 is 0 Å². The molecule has 1 fully saturated rings. The Morgan fingerprint density at radius 2 is 1.29 bits per heavy atom. The van der Waals surface area contributed by atoms with E-state index in [1.165, 1.54) is 19.8 Å². The molecule has 1 unspecified atom stereocenters. The Kier molecular flexibility index (Phi) is 18.4. The largest absolute Gasteiger partial charge is 0.460 e. The molecule has 5 N–H and O–H groups in total. The molecule has 5 atom stereocenters. The Bertz CT molecular complexity index is 984. The molecule has 0 aromatic carbocycles. The van der Waals surface area contributed by atoms with Crippen LogP contribution in [0.4, 0.5) is 0 Å². The molecule has 1 heterocycles. The highest BCUT2D eigenvalue weighted by Gasteiger charge is 2.33. The number of hydrogen-bond acceptors (Lipinski definition) is 7. The molecule has 1 aliphatic heterocycles. The van der Waals surface area contributed by atoms with Crippen molar-refractivity contribution in [3.8, 4) is 0 Å². The van der Waals surface area contributed by atoms with Crippen molar-refractivity contribution < 1.29 is 33.5 Å². The Balaban J connectivity index is 3.25. The summed E-state index contributed by atoms with van der Waals surface area (Å²) < 4.78 is 5.80. The maximum Gasteiger partial charge on any atom is 0.329 e. The van der Waals surface area contributed by atoms with E-state index < -0.39 is 65.8 Å². The summed E-state index contributed by atoms with van der Waals surface area (Å²) in [5.41, 5.74) is 0. The summed E-state index contributed by atoms with van der Waals surface area (Å²) >= 11 is 0. The van der Waals surface area contributed by atoms with Crippen LogP contribution in [0.25, 0.3) is 0 Å². The number of ether oxygens (including phenoxy) is 1. The van der Waals surface area contributed by atoms with E-state index in [0.29, 0.717) is 12.8 Å². The topological polar surface area (TPSA) is 172 Å². The number of cyclic esters (lactones) is 1. The van der Waals surface area contributed by atoms with Gasteiger partial charge < -0.3 is 31.3 Å². The van der Waals surface area contributed by atoms with Crippen molar-refractivity contribution >= 4 is 35.5 Å². The van der Waals surface area contributed by atoms with Crippen molar-refractivity contribution in [3.05, 3.63) is 0 Å². The van der Waals surface area contributed by atoms with Crippen molar-refractivity contribution in [3.63, 3.8) is 0 Å². The third kappa shape index (κ3) is 15.6. The Hall–Kier alpha value is -3.18. The third-order valence-electron chi connectivity index (χ3n) is 7.85. The second-order valence-corrected chi connectivity index (χ2v) is 13.4. The minimum atomic E-state index is -1.02. The van der Waals surface area contributed by atoms with E-state index in [0.717, 1.165) is 32.1 Å². The first-order chi connectivity index (χ1) is 21.2. The molecular weight excluding hydrogens is 578 g/mol. The number of carbonyl (C=O) groups excluding carboxylic acids is 6. The summed E-state index contributed by atoms with van der Waals surface area (Å²) in [5.74, 6) is -4.02. The van der Waals surface area contributed by atoms with Crippen LogP contribution in [0.5, 0.6) is 0 Å². The maximum absolute atomic E-state index is 13.3. The normalized spacial score (nSPS) is 25.0. The zero-order valence-corrected chi connectivity index (χ0v) is 28.8. The van der Waals surface area contributed by atoms with Crippen molar-refractivity contribution in [2.75, 3.05) is 6.54 Å². The van der Waals surface area contributed by atoms with E-state index in [2.05, 4.69) is 33.5 Å². The number of unbranched alkanes of at least 4 members (excludes halogenated alkanes) is 6. The van der Waals surface area contributed by atoms with Crippen molar-refractivity contribution in [1.29, 1.82) is 0 Å². The van der Waals surface area contributed by atoms with E-state index in [4.69, 9.17) is 4.74 Å². The average Bonchev–Trinajstić information content (AvgIpc) is 2.95. The molecule has 5 amide bonds. The molecule has 0 aromatic heterocycles. The molecule has 1 saturated heterocycles. The first-order valence-corrected chi connectivity index (χ1v) is 16.8. The minimum absolute atomic E-state index is 0.0307. The Morgan fingerprint density at radius 3 is 1.87 bits per heavy atom. The summed E-state index contributed by atoms with van der Waals surface area (Å²) in [6.45, 7) is 14.1. The molecule has 1 rings (SSSR count). The zero-order chi connectivity index (χ0) is 34.1. The van der Waals surface area contributed by atoms with Gasteiger partial charge >= 0.3 is 5.97 Å². The SMILES string of the molecule is CCCCCCCCC[C@@H]1CC(=O)NCC(=O)NC(C(C)C)C(=O)N[C@@H](CC(C)C)C(=O)N[C@@H](C)C(=O)N[C@@H](C(C)C)C(=O)O1. The Morgan fingerprint density at radius 1 is 0.689 bits per heavy atom. The summed E-state index contributed by atoms with van der Waals surface area (Å²) in [5, 5.41) is 13.3. The van der Waals surface area contributed by atoms with Crippen LogP contribution in [0.2, 0.25) is 0 Å². The molecule has 1 aliphatic rings. The van der Waals surface area contributed by atoms with Gasteiger partial charge in [0, 0.05) is 0 Å². The van der Waals surface area contributed by atoms with Crippen LogP contribution in [0.1, 0.15) is 120 Å². The van der Waals surface area contributed by atoms with Gasteiger partial charge in [-0.1, -0.05) is 87.0 Å². The van der Waals surface area contributed by atoms with Crippen LogP contribution in [-0.4, -0.2) is 72.3 Å². The standard InChI is InChI=1S/C33H59N5O7/c1-9-10-11-12-13-14-15-16-24-18-26(39)34-19-27(40)37-28(21(4)5)32(43)36-25(17-20(2)3)31(42)35-23(8)30(41)38-29(22(6)7)33(44)45-24/h20-25,28-29H,9-19H2,1-8H3,(H,34,39)(H,35,42)(H,36,43)(H,37,40)(H,38,41)/t23-,24+,25-,28?,29-/m0/s1. The van der Waals surface area contributed by atoms with Gasteiger partial charge in [-0.05, 0) is 43.9 Å². The maximum atomic E-state index is 13.3. The molecule has 45 heavy (non-hydrogen) atoms.